The number of anilines is 8. The maximum Gasteiger partial charge on any atom is 0.253 e. The van der Waals surface area contributed by atoms with Crippen LogP contribution in [0.4, 0.5) is 45.5 Å². The lowest BCUT2D eigenvalue weighted by molar-refractivity contribution is 0.195. The van der Waals surface area contributed by atoms with E-state index in [0.717, 1.165) is 29.9 Å². The number of thiophene rings is 1. The first-order valence-corrected chi connectivity index (χ1v) is 31.1. The van der Waals surface area contributed by atoms with Gasteiger partial charge in [-0.25, -0.2) is 0 Å². The summed E-state index contributed by atoms with van der Waals surface area (Å²) in [5.41, 5.74) is 24.7. The average molecular weight is 1080 g/mol. The molecule has 1 aromatic heterocycles. The van der Waals surface area contributed by atoms with Gasteiger partial charge in [-0.1, -0.05) is 202 Å². The van der Waals surface area contributed by atoms with Gasteiger partial charge in [-0.2, -0.15) is 0 Å². The number of rotatable bonds is 5. The molecule has 0 spiro atoms. The minimum absolute atomic E-state index is 0.0128. The van der Waals surface area contributed by atoms with Crippen LogP contribution in [0.1, 0.15) is 177 Å². The lowest BCUT2D eigenvalue weighted by Gasteiger charge is -2.53. The van der Waals surface area contributed by atoms with Crippen LogP contribution in [0.15, 0.2) is 152 Å². The molecular formula is C76H84BN3S. The van der Waals surface area contributed by atoms with E-state index in [9.17, 15) is 0 Å². The zero-order chi connectivity index (χ0) is 57.3. The van der Waals surface area contributed by atoms with E-state index in [4.69, 9.17) is 0 Å². The molecule has 412 valence electrons. The largest absolute Gasteiger partial charge is 0.335 e. The van der Waals surface area contributed by atoms with Crippen molar-refractivity contribution in [2.45, 2.75) is 181 Å². The third-order valence-corrected chi connectivity index (χ3v) is 20.9. The third kappa shape index (κ3) is 8.31. The van der Waals surface area contributed by atoms with Crippen LogP contribution >= 0.6 is 11.3 Å². The smallest absolute Gasteiger partial charge is 0.253 e. The van der Waals surface area contributed by atoms with Crippen LogP contribution in [-0.4, -0.2) is 12.3 Å². The summed E-state index contributed by atoms with van der Waals surface area (Å²) in [6, 6.07) is 60.5. The van der Waals surface area contributed by atoms with Crippen molar-refractivity contribution in [1.29, 1.82) is 0 Å². The summed E-state index contributed by atoms with van der Waals surface area (Å²) >= 11 is 1.96. The van der Waals surface area contributed by atoms with Crippen molar-refractivity contribution in [3.63, 3.8) is 0 Å². The van der Waals surface area contributed by atoms with Crippen molar-refractivity contribution >= 4 is 100 Å². The van der Waals surface area contributed by atoms with Crippen LogP contribution in [0, 0.1) is 0 Å². The summed E-state index contributed by atoms with van der Waals surface area (Å²) in [5.74, 6) is 0. The molecule has 0 bridgehead atoms. The van der Waals surface area contributed by atoms with Crippen molar-refractivity contribution in [3.8, 4) is 11.1 Å². The maximum absolute atomic E-state index is 2.94. The van der Waals surface area contributed by atoms with Gasteiger partial charge in [0.2, 0.25) is 0 Å². The molecule has 4 heterocycles. The highest BCUT2D eigenvalue weighted by Crippen LogP contribution is 2.63. The number of hydrogen-bond donors (Lipinski definition) is 0. The molecule has 0 saturated heterocycles. The molecule has 4 aliphatic rings. The first-order chi connectivity index (χ1) is 38.1. The normalized spacial score (nSPS) is 18.8. The fraction of sp³-hybridized carbons (Fsp3) is 0.368. The van der Waals surface area contributed by atoms with E-state index >= 15 is 0 Å². The predicted octanol–water partition coefficient (Wildman–Crippen LogP) is 20.0. The Morgan fingerprint density at radius 1 is 0.457 bits per heavy atom. The van der Waals surface area contributed by atoms with Crippen LogP contribution < -0.4 is 31.1 Å². The molecule has 9 aromatic rings. The summed E-state index contributed by atoms with van der Waals surface area (Å²) in [6.45, 7) is 40.6. The number of fused-ring (bicyclic) bond motifs is 11. The molecule has 2 atom stereocenters. The topological polar surface area (TPSA) is 9.72 Å². The predicted molar refractivity (Wildman–Crippen MR) is 355 cm³/mol. The van der Waals surface area contributed by atoms with Gasteiger partial charge in [0.1, 0.15) is 0 Å². The molecule has 8 aromatic carbocycles. The van der Waals surface area contributed by atoms with Gasteiger partial charge in [0.05, 0.1) is 16.9 Å². The fourth-order valence-corrected chi connectivity index (χ4v) is 15.8. The Labute approximate surface area is 489 Å². The Morgan fingerprint density at radius 3 is 1.59 bits per heavy atom. The van der Waals surface area contributed by atoms with Crippen LogP contribution in [0.25, 0.3) is 31.3 Å². The molecule has 3 aliphatic heterocycles. The lowest BCUT2D eigenvalue weighted by Crippen LogP contribution is -2.64. The van der Waals surface area contributed by atoms with Gasteiger partial charge in [0, 0.05) is 59.9 Å². The first-order valence-electron chi connectivity index (χ1n) is 30.2. The van der Waals surface area contributed by atoms with E-state index in [-0.39, 0.29) is 44.7 Å². The highest BCUT2D eigenvalue weighted by molar-refractivity contribution is 7.26. The summed E-state index contributed by atoms with van der Waals surface area (Å²) in [5, 5.41) is 2.77. The SMILES string of the molecule is CC(C)(C)c1ccc(N(c2ccc(C(C)(C)C)cc2)c2cc3c4c(c2)N2c5c(cc(C(C)(C)C)cc5C5(C)CCCCC25C)B4c2c(ccc4sc5ccc(C(C)(C)C)cc5c24)N3c2ccc(C(C)(C)C)cc2-c2ccccc2)cc1. The molecule has 3 nitrogen and oxygen atoms in total. The van der Waals surface area contributed by atoms with Gasteiger partial charge in [0.25, 0.3) is 6.71 Å². The van der Waals surface area contributed by atoms with Crippen molar-refractivity contribution < 1.29 is 0 Å². The zero-order valence-corrected chi connectivity index (χ0v) is 52.4. The number of hydrogen-bond acceptors (Lipinski definition) is 4. The minimum Gasteiger partial charge on any atom is -0.335 e. The Balaban J connectivity index is 1.22. The van der Waals surface area contributed by atoms with E-state index in [1.165, 1.54) is 117 Å². The molecule has 0 N–H and O–H groups in total. The van der Waals surface area contributed by atoms with Crippen LogP contribution in [-0.2, 0) is 32.5 Å². The van der Waals surface area contributed by atoms with E-state index in [1.54, 1.807) is 5.56 Å². The first kappa shape index (κ1) is 53.7. The highest BCUT2D eigenvalue weighted by Gasteiger charge is 2.62. The van der Waals surface area contributed by atoms with Gasteiger partial charge in [-0.15, -0.1) is 11.3 Å². The van der Waals surface area contributed by atoms with Gasteiger partial charge < -0.3 is 14.7 Å². The summed E-state index contributed by atoms with van der Waals surface area (Å²) in [6.07, 6.45) is 4.74. The van der Waals surface area contributed by atoms with Crippen molar-refractivity contribution in [1.82, 2.24) is 0 Å². The fourth-order valence-electron chi connectivity index (χ4n) is 14.7. The highest BCUT2D eigenvalue weighted by atomic mass is 32.1. The van der Waals surface area contributed by atoms with E-state index in [0.29, 0.717) is 0 Å². The quantitative estimate of drug-likeness (QED) is 0.159. The Bertz CT molecular complexity index is 3940. The van der Waals surface area contributed by atoms with Crippen LogP contribution in [0.3, 0.4) is 0 Å². The van der Waals surface area contributed by atoms with Gasteiger partial charge >= 0.3 is 0 Å². The molecule has 81 heavy (non-hydrogen) atoms. The summed E-state index contributed by atoms with van der Waals surface area (Å²) in [4.78, 5) is 8.25. The second-order valence-corrected chi connectivity index (χ2v) is 31.3. The molecule has 13 rings (SSSR count). The number of nitrogens with zero attached hydrogens (tertiary/aromatic N) is 3. The van der Waals surface area contributed by atoms with Crippen LogP contribution in [0.2, 0.25) is 0 Å². The Morgan fingerprint density at radius 2 is 0.988 bits per heavy atom. The third-order valence-electron chi connectivity index (χ3n) is 19.8. The maximum atomic E-state index is 2.94. The molecule has 1 aliphatic carbocycles. The lowest BCUT2D eigenvalue weighted by atomic mass is 9.32. The Kier molecular flexibility index (Phi) is 11.9. The second-order valence-electron chi connectivity index (χ2n) is 30.2. The van der Waals surface area contributed by atoms with Gasteiger partial charge in [-0.3, -0.25) is 0 Å². The van der Waals surface area contributed by atoms with E-state index in [1.807, 2.05) is 11.3 Å². The molecule has 5 heteroatoms. The standard InChI is InChI=1S/C76H84BN3S/c1-70(2,3)48-25-31-53(32-26-48)78(54-33-27-49(28-34-54)71(4,5)6)55-45-62-67-63(46-55)80-69-58(75(16)39-21-22-40-76(75,80)17)43-52(74(13,14)15)44-59(69)77(67)68-61(36-38-65-66(68)57-42-51(73(10,11)12)30-37-64(57)81-65)79(62)60-35-29-50(72(7,8)9)41-56(60)47-23-19-18-20-24-47/h18-20,23-38,41-46H,21-22,39-40H2,1-17H3. The second kappa shape index (κ2) is 18.0. The van der Waals surface area contributed by atoms with E-state index < -0.39 is 0 Å². The van der Waals surface area contributed by atoms with Crippen molar-refractivity contribution in [2.75, 3.05) is 14.7 Å². The monoisotopic (exact) mass is 1080 g/mol. The number of benzene rings is 8. The molecule has 1 fully saturated rings. The molecule has 0 amide bonds. The zero-order valence-electron chi connectivity index (χ0n) is 51.6. The minimum atomic E-state index is -0.179. The molecule has 0 radical (unpaired) electrons. The molecule has 1 saturated carbocycles. The van der Waals surface area contributed by atoms with Crippen molar-refractivity contribution in [3.05, 3.63) is 185 Å². The molecular weight excluding hydrogens is 998 g/mol. The van der Waals surface area contributed by atoms with Crippen molar-refractivity contribution in [2.24, 2.45) is 0 Å². The van der Waals surface area contributed by atoms with Gasteiger partial charge in [0.15, 0.2) is 0 Å². The van der Waals surface area contributed by atoms with E-state index in [2.05, 4.69) is 284 Å². The average Bonchev–Trinajstić information content (AvgIpc) is 2.86. The Hall–Kier alpha value is -6.56. The van der Waals surface area contributed by atoms with Gasteiger partial charge in [-0.05, 0) is 180 Å². The summed E-state index contributed by atoms with van der Waals surface area (Å²) in [7, 11) is 0. The molecule has 2 unspecified atom stereocenters. The summed E-state index contributed by atoms with van der Waals surface area (Å²) < 4.78 is 2.70. The van der Waals surface area contributed by atoms with Crippen LogP contribution in [0.5, 0.6) is 0 Å².